The number of nitrogens with zero attached hydrogens (tertiary/aromatic N) is 1. The number of nitrogens with two attached hydrogens (primary N) is 2. The molecule has 1 aromatic heterocycles. The van der Waals surface area contributed by atoms with Crippen LogP contribution < -0.4 is 11.5 Å². The Morgan fingerprint density at radius 1 is 1.35 bits per heavy atom. The van der Waals surface area contributed by atoms with Gasteiger partial charge in [0.1, 0.15) is 5.82 Å². The zero-order valence-electron chi connectivity index (χ0n) is 14.7. The third-order valence-corrected chi connectivity index (χ3v) is 5.43. The predicted molar refractivity (Wildman–Crippen MR) is 98.5 cm³/mol. The minimum atomic E-state index is -1.30. The number of nitrogens with one attached hydrogen (secondary N) is 1. The third kappa shape index (κ3) is 3.11. The summed E-state index contributed by atoms with van der Waals surface area (Å²) in [5.74, 6) is -1.16. The molecule has 140 valence electrons. The molecule has 1 aliphatic carbocycles. The van der Waals surface area contributed by atoms with Gasteiger partial charge in [0.15, 0.2) is 5.78 Å². The van der Waals surface area contributed by atoms with Gasteiger partial charge in [-0.05, 0) is 37.5 Å². The molecule has 3 unspecified atom stereocenters. The lowest BCUT2D eigenvalue weighted by Gasteiger charge is -2.40. The second-order valence-electron chi connectivity index (χ2n) is 7.21. The van der Waals surface area contributed by atoms with Gasteiger partial charge in [0, 0.05) is 36.5 Å². The van der Waals surface area contributed by atoms with Crippen LogP contribution in [0.4, 0.5) is 4.39 Å². The summed E-state index contributed by atoms with van der Waals surface area (Å²) in [7, 11) is 3.38. The highest BCUT2D eigenvalue weighted by Crippen LogP contribution is 2.34. The quantitative estimate of drug-likeness (QED) is 0.708. The van der Waals surface area contributed by atoms with Crippen LogP contribution in [-0.2, 0) is 4.79 Å². The summed E-state index contributed by atoms with van der Waals surface area (Å²) in [5.41, 5.74) is 11.9. The Kier molecular flexibility index (Phi) is 4.81. The highest BCUT2D eigenvalue weighted by molar-refractivity contribution is 6.31. The van der Waals surface area contributed by atoms with Crippen LogP contribution in [-0.4, -0.2) is 47.3 Å². The summed E-state index contributed by atoms with van der Waals surface area (Å²) in [6.45, 7) is 0. The maximum atomic E-state index is 14.0. The molecule has 1 fully saturated rings. The van der Waals surface area contributed by atoms with Crippen LogP contribution in [0.3, 0.4) is 0 Å². The first-order valence-electron chi connectivity index (χ1n) is 8.41. The van der Waals surface area contributed by atoms with Crippen molar-refractivity contribution >= 4 is 34.2 Å². The second kappa shape index (κ2) is 6.64. The number of rotatable bonds is 3. The molecule has 0 radical (unpaired) electrons. The smallest absolute Gasteiger partial charge is 0.225 e. The Labute approximate surface area is 155 Å². The highest BCUT2D eigenvalue weighted by Gasteiger charge is 2.46. The molecule has 6 nitrogen and oxygen atoms in total. The van der Waals surface area contributed by atoms with E-state index in [0.717, 1.165) is 0 Å². The average molecular weight is 381 g/mol. The monoisotopic (exact) mass is 380 g/mol. The summed E-state index contributed by atoms with van der Waals surface area (Å²) in [5, 5.41) is 0.504. The largest absolute Gasteiger partial charge is 0.352 e. The van der Waals surface area contributed by atoms with E-state index < -0.39 is 17.4 Å². The lowest BCUT2D eigenvalue weighted by atomic mass is 9.70. The molecule has 1 amide bonds. The Hall–Kier alpha value is -1.96. The van der Waals surface area contributed by atoms with Gasteiger partial charge in [0.25, 0.3) is 0 Å². The van der Waals surface area contributed by atoms with Crippen molar-refractivity contribution in [3.8, 4) is 0 Å². The molecule has 3 rings (SSSR count). The van der Waals surface area contributed by atoms with Gasteiger partial charge in [0.2, 0.25) is 5.91 Å². The first-order chi connectivity index (χ1) is 12.1. The molecule has 0 saturated heterocycles. The Balaban J connectivity index is 1.88. The Bertz CT molecular complexity index is 881. The molecule has 0 spiro atoms. The molecule has 1 aliphatic rings. The van der Waals surface area contributed by atoms with Crippen molar-refractivity contribution in [2.45, 2.75) is 30.8 Å². The van der Waals surface area contributed by atoms with Crippen LogP contribution >= 0.6 is 11.6 Å². The van der Waals surface area contributed by atoms with Crippen molar-refractivity contribution in [1.29, 1.82) is 0 Å². The van der Waals surface area contributed by atoms with Gasteiger partial charge < -0.3 is 21.4 Å². The number of halogens is 2. The SMILES string of the molecule is CN(C)C(=O)C1CCC(N)(C(=O)c2cc3c(F)cc(Cl)cc3[nH]2)C(N)C1. The number of H-pyrrole nitrogens is 1. The molecule has 0 bridgehead atoms. The number of hydrogen-bond acceptors (Lipinski definition) is 4. The molecule has 1 aromatic carbocycles. The van der Waals surface area contributed by atoms with Gasteiger partial charge in [-0.2, -0.15) is 0 Å². The number of aromatic amines is 1. The summed E-state index contributed by atoms with van der Waals surface area (Å²) in [6.07, 6.45) is 1.10. The van der Waals surface area contributed by atoms with E-state index in [-0.39, 0.29) is 40.1 Å². The van der Waals surface area contributed by atoms with Crippen LogP contribution in [0, 0.1) is 11.7 Å². The number of hydrogen-bond donors (Lipinski definition) is 3. The Morgan fingerprint density at radius 3 is 2.65 bits per heavy atom. The fraction of sp³-hybridized carbons (Fsp3) is 0.444. The molecule has 0 aliphatic heterocycles. The molecule has 1 heterocycles. The number of Topliss-reactive ketones (excluding diaryl/α,β-unsaturated/α-hetero) is 1. The van der Waals surface area contributed by atoms with Gasteiger partial charge in [-0.3, -0.25) is 9.59 Å². The molecule has 1 saturated carbocycles. The summed E-state index contributed by atoms with van der Waals surface area (Å²) in [4.78, 5) is 29.6. The van der Waals surface area contributed by atoms with E-state index in [1.165, 1.54) is 17.0 Å². The lowest BCUT2D eigenvalue weighted by molar-refractivity contribution is -0.134. The van der Waals surface area contributed by atoms with Crippen LogP contribution in [0.15, 0.2) is 18.2 Å². The van der Waals surface area contributed by atoms with Gasteiger partial charge in [-0.25, -0.2) is 4.39 Å². The number of benzene rings is 1. The van der Waals surface area contributed by atoms with Crippen LogP contribution in [0.5, 0.6) is 0 Å². The van der Waals surface area contributed by atoms with Gasteiger partial charge in [-0.15, -0.1) is 0 Å². The summed E-state index contributed by atoms with van der Waals surface area (Å²) < 4.78 is 14.0. The van der Waals surface area contributed by atoms with E-state index in [2.05, 4.69) is 4.98 Å². The molecule has 8 heteroatoms. The van der Waals surface area contributed by atoms with Crippen molar-refractivity contribution in [3.05, 3.63) is 34.7 Å². The van der Waals surface area contributed by atoms with Crippen molar-refractivity contribution < 1.29 is 14.0 Å². The predicted octanol–water partition coefficient (Wildman–Crippen LogP) is 2.06. The molecule has 3 atom stereocenters. The lowest BCUT2D eigenvalue weighted by Crippen LogP contribution is -2.64. The first-order valence-corrected chi connectivity index (χ1v) is 8.79. The van der Waals surface area contributed by atoms with Crippen molar-refractivity contribution in [2.24, 2.45) is 17.4 Å². The van der Waals surface area contributed by atoms with E-state index in [4.69, 9.17) is 23.1 Å². The number of fused-ring (bicyclic) bond motifs is 1. The standard InChI is InChI=1S/C18H22ClFN4O2/c1-24(2)17(26)9-3-4-18(22,15(21)5-9)16(25)14-8-11-12(20)6-10(19)7-13(11)23-14/h6-9,15,23H,3-5,21-22H2,1-2H3. The average Bonchev–Trinajstić information content (AvgIpc) is 3.00. The number of aromatic nitrogens is 1. The van der Waals surface area contributed by atoms with Crippen molar-refractivity contribution in [3.63, 3.8) is 0 Å². The third-order valence-electron chi connectivity index (χ3n) is 5.22. The number of carbonyl (C=O) groups is 2. The summed E-state index contributed by atoms with van der Waals surface area (Å²) in [6, 6.07) is 3.50. The molecular weight excluding hydrogens is 359 g/mol. The van der Waals surface area contributed by atoms with E-state index in [9.17, 15) is 14.0 Å². The van der Waals surface area contributed by atoms with Crippen molar-refractivity contribution in [1.82, 2.24) is 9.88 Å². The molecule has 2 aromatic rings. The van der Waals surface area contributed by atoms with Gasteiger partial charge in [-0.1, -0.05) is 11.6 Å². The van der Waals surface area contributed by atoms with Gasteiger partial charge >= 0.3 is 0 Å². The van der Waals surface area contributed by atoms with E-state index >= 15 is 0 Å². The highest BCUT2D eigenvalue weighted by atomic mass is 35.5. The maximum Gasteiger partial charge on any atom is 0.225 e. The first kappa shape index (κ1) is 18.8. The molecule has 26 heavy (non-hydrogen) atoms. The van der Waals surface area contributed by atoms with Crippen LogP contribution in [0.1, 0.15) is 29.8 Å². The van der Waals surface area contributed by atoms with Crippen molar-refractivity contribution in [2.75, 3.05) is 14.1 Å². The van der Waals surface area contributed by atoms with E-state index in [1.54, 1.807) is 20.2 Å². The zero-order chi connectivity index (χ0) is 19.2. The molecule has 5 N–H and O–H groups in total. The number of amides is 1. The summed E-state index contributed by atoms with van der Waals surface area (Å²) >= 11 is 5.86. The van der Waals surface area contributed by atoms with Crippen LogP contribution in [0.2, 0.25) is 5.02 Å². The fourth-order valence-electron chi connectivity index (χ4n) is 3.64. The van der Waals surface area contributed by atoms with Crippen LogP contribution in [0.25, 0.3) is 10.9 Å². The second-order valence-corrected chi connectivity index (χ2v) is 7.65. The van der Waals surface area contributed by atoms with Gasteiger partial charge in [0.05, 0.1) is 16.7 Å². The fourth-order valence-corrected chi connectivity index (χ4v) is 3.84. The Morgan fingerprint density at radius 2 is 2.04 bits per heavy atom. The minimum absolute atomic E-state index is 0.0164. The zero-order valence-corrected chi connectivity index (χ0v) is 15.4. The number of carbonyl (C=O) groups excluding carboxylic acids is 2. The van der Waals surface area contributed by atoms with E-state index in [0.29, 0.717) is 18.4 Å². The maximum absolute atomic E-state index is 14.0. The van der Waals surface area contributed by atoms with E-state index in [1.807, 2.05) is 0 Å². The topological polar surface area (TPSA) is 105 Å². The molecular formula is C18H22ClFN4O2. The minimum Gasteiger partial charge on any atom is -0.352 e. The normalized spacial score (nSPS) is 26.1. The number of ketones is 1.